The number of carbonyl (C=O) groups is 1. The molecular weight excluding hydrogens is 394 g/mol. The van der Waals surface area contributed by atoms with Gasteiger partial charge in [-0.15, -0.1) is 0 Å². The van der Waals surface area contributed by atoms with Crippen molar-refractivity contribution >= 4 is 16.8 Å². The van der Waals surface area contributed by atoms with Gasteiger partial charge in [-0.25, -0.2) is 4.98 Å². The Kier molecular flexibility index (Phi) is 5.67. The van der Waals surface area contributed by atoms with Gasteiger partial charge in [0.1, 0.15) is 25.1 Å². The number of amides is 1. The minimum absolute atomic E-state index is 0.131. The topological polar surface area (TPSA) is 82.5 Å². The maximum absolute atomic E-state index is 13.2. The molecule has 0 bridgehead atoms. The van der Waals surface area contributed by atoms with Crippen LogP contribution in [0.2, 0.25) is 0 Å². The van der Waals surface area contributed by atoms with Crippen molar-refractivity contribution in [1.82, 2.24) is 14.9 Å². The second-order valence-corrected chi connectivity index (χ2v) is 8.16. The molecule has 0 saturated heterocycles. The molecule has 2 aromatic carbocycles. The van der Waals surface area contributed by atoms with Crippen LogP contribution < -0.4 is 20.3 Å². The fraction of sp³-hybridized carbons (Fsp3) is 0.375. The summed E-state index contributed by atoms with van der Waals surface area (Å²) in [4.78, 5) is 30.8. The molecule has 162 valence electrons. The quantitative estimate of drug-likeness (QED) is 0.681. The summed E-state index contributed by atoms with van der Waals surface area (Å²) in [5.41, 5.74) is 1.34. The number of hydrogen-bond acceptors (Lipinski definition) is 5. The molecule has 0 unspecified atom stereocenters. The molecule has 0 radical (unpaired) electrons. The summed E-state index contributed by atoms with van der Waals surface area (Å²) in [6, 6.07) is 12.0. The number of nitrogens with one attached hydrogen (secondary N) is 1. The summed E-state index contributed by atoms with van der Waals surface area (Å²) in [6.07, 6.45) is 0. The van der Waals surface area contributed by atoms with Crippen LogP contribution in [-0.4, -0.2) is 28.7 Å². The molecule has 31 heavy (non-hydrogen) atoms. The van der Waals surface area contributed by atoms with Crippen LogP contribution in [0, 0.1) is 12.8 Å². The number of fused-ring (bicyclic) bond motifs is 2. The molecule has 0 saturated carbocycles. The highest BCUT2D eigenvalue weighted by Crippen LogP contribution is 2.34. The lowest BCUT2D eigenvalue weighted by Crippen LogP contribution is -2.40. The van der Waals surface area contributed by atoms with Crippen molar-refractivity contribution in [3.05, 3.63) is 64.2 Å². The van der Waals surface area contributed by atoms with E-state index in [9.17, 15) is 9.59 Å². The van der Waals surface area contributed by atoms with E-state index in [1.165, 1.54) is 4.57 Å². The van der Waals surface area contributed by atoms with E-state index in [1.807, 2.05) is 38.1 Å². The van der Waals surface area contributed by atoms with Gasteiger partial charge >= 0.3 is 0 Å². The highest BCUT2D eigenvalue weighted by molar-refractivity contribution is 5.82. The highest BCUT2D eigenvalue weighted by Gasteiger charge is 2.26. The summed E-state index contributed by atoms with van der Waals surface area (Å²) in [6.45, 7) is 8.59. The first-order chi connectivity index (χ1) is 14.9. The number of aryl methyl sites for hydroxylation is 1. The van der Waals surface area contributed by atoms with Gasteiger partial charge in [0.15, 0.2) is 11.5 Å². The molecule has 2 atom stereocenters. The molecule has 1 N–H and O–H groups in total. The van der Waals surface area contributed by atoms with Crippen molar-refractivity contribution in [2.75, 3.05) is 13.2 Å². The average Bonchev–Trinajstić information content (AvgIpc) is 2.76. The zero-order valence-corrected chi connectivity index (χ0v) is 18.2. The molecule has 1 aliphatic heterocycles. The van der Waals surface area contributed by atoms with Gasteiger partial charge in [0.05, 0.1) is 16.9 Å². The van der Waals surface area contributed by atoms with Gasteiger partial charge in [-0.1, -0.05) is 32.0 Å². The Morgan fingerprint density at radius 2 is 1.77 bits per heavy atom. The van der Waals surface area contributed by atoms with Crippen molar-refractivity contribution in [2.24, 2.45) is 5.92 Å². The minimum atomic E-state index is -0.705. The zero-order valence-electron chi connectivity index (χ0n) is 18.2. The number of aromatic nitrogens is 2. The molecule has 4 rings (SSSR count). The van der Waals surface area contributed by atoms with Crippen LogP contribution >= 0.6 is 0 Å². The lowest BCUT2D eigenvalue weighted by Gasteiger charge is -2.27. The van der Waals surface area contributed by atoms with Crippen molar-refractivity contribution in [3.8, 4) is 11.5 Å². The van der Waals surface area contributed by atoms with E-state index in [0.717, 1.165) is 5.56 Å². The summed E-state index contributed by atoms with van der Waals surface area (Å²) in [5, 5.41) is 3.62. The van der Waals surface area contributed by atoms with Crippen LogP contribution in [0.5, 0.6) is 11.5 Å². The average molecular weight is 421 g/mol. The number of nitrogens with zero attached hydrogens (tertiary/aromatic N) is 2. The lowest BCUT2D eigenvalue weighted by molar-refractivity contribution is -0.125. The van der Waals surface area contributed by atoms with Crippen molar-refractivity contribution in [3.63, 3.8) is 0 Å². The SMILES string of the molecule is Cc1nc2ccccc2c(=O)n1[C@@H](C)C(=O)N[C@@H](c1ccc2c(c1)OCCO2)C(C)C. The molecule has 7 nitrogen and oxygen atoms in total. The van der Waals surface area contributed by atoms with Gasteiger partial charge in [0, 0.05) is 0 Å². The van der Waals surface area contributed by atoms with Crippen LogP contribution in [0.4, 0.5) is 0 Å². The molecule has 3 aromatic rings. The highest BCUT2D eigenvalue weighted by atomic mass is 16.6. The maximum atomic E-state index is 13.2. The predicted octanol–water partition coefficient (Wildman–Crippen LogP) is 3.55. The maximum Gasteiger partial charge on any atom is 0.262 e. The third-order valence-corrected chi connectivity index (χ3v) is 5.64. The van der Waals surface area contributed by atoms with E-state index in [4.69, 9.17) is 9.47 Å². The molecule has 2 heterocycles. The van der Waals surface area contributed by atoms with E-state index >= 15 is 0 Å². The molecule has 1 aromatic heterocycles. The second kappa shape index (κ2) is 8.41. The molecular formula is C24H27N3O4. The molecule has 0 fully saturated rings. The van der Waals surface area contributed by atoms with E-state index in [2.05, 4.69) is 10.3 Å². The molecule has 1 amide bonds. The third-order valence-electron chi connectivity index (χ3n) is 5.64. The molecule has 0 spiro atoms. The lowest BCUT2D eigenvalue weighted by atomic mass is 9.95. The normalized spacial score (nSPS) is 15.0. The Morgan fingerprint density at radius 3 is 2.52 bits per heavy atom. The molecule has 7 heteroatoms. The van der Waals surface area contributed by atoms with Crippen LogP contribution in [0.3, 0.4) is 0 Å². The number of rotatable bonds is 5. The van der Waals surface area contributed by atoms with Crippen LogP contribution in [-0.2, 0) is 4.79 Å². The fourth-order valence-electron chi connectivity index (χ4n) is 3.99. The van der Waals surface area contributed by atoms with Gasteiger partial charge in [-0.05, 0) is 49.6 Å². The van der Waals surface area contributed by atoms with Crippen LogP contribution in [0.1, 0.15) is 44.2 Å². The van der Waals surface area contributed by atoms with Gasteiger partial charge in [-0.2, -0.15) is 0 Å². The van der Waals surface area contributed by atoms with E-state index < -0.39 is 6.04 Å². The summed E-state index contributed by atoms with van der Waals surface area (Å²) in [7, 11) is 0. The third kappa shape index (κ3) is 4.00. The molecule has 0 aliphatic carbocycles. The second-order valence-electron chi connectivity index (χ2n) is 8.16. The van der Waals surface area contributed by atoms with Crippen molar-refractivity contribution < 1.29 is 14.3 Å². The van der Waals surface area contributed by atoms with Gasteiger partial charge in [0.25, 0.3) is 5.56 Å². The Hall–Kier alpha value is -3.35. The Balaban J connectivity index is 1.63. The minimum Gasteiger partial charge on any atom is -0.486 e. The van der Waals surface area contributed by atoms with Gasteiger partial charge < -0.3 is 14.8 Å². The summed E-state index contributed by atoms with van der Waals surface area (Å²) in [5.74, 6) is 1.79. The largest absolute Gasteiger partial charge is 0.486 e. The number of carbonyl (C=O) groups excluding carboxylic acids is 1. The van der Waals surface area contributed by atoms with E-state index in [0.29, 0.717) is 41.4 Å². The smallest absolute Gasteiger partial charge is 0.262 e. The van der Waals surface area contributed by atoms with E-state index in [-0.39, 0.29) is 23.4 Å². The number of para-hydroxylation sites is 1. The van der Waals surface area contributed by atoms with E-state index in [1.54, 1.807) is 32.0 Å². The number of ether oxygens (including phenoxy) is 2. The molecule has 1 aliphatic rings. The summed E-state index contributed by atoms with van der Waals surface area (Å²) < 4.78 is 12.8. The first-order valence-corrected chi connectivity index (χ1v) is 10.5. The van der Waals surface area contributed by atoms with Crippen LogP contribution in [0.25, 0.3) is 10.9 Å². The Bertz CT molecular complexity index is 1190. The van der Waals surface area contributed by atoms with Gasteiger partial charge in [0.2, 0.25) is 5.91 Å². The van der Waals surface area contributed by atoms with Crippen LogP contribution in [0.15, 0.2) is 47.3 Å². The monoisotopic (exact) mass is 421 g/mol. The van der Waals surface area contributed by atoms with Gasteiger partial charge in [-0.3, -0.25) is 14.2 Å². The summed E-state index contributed by atoms with van der Waals surface area (Å²) >= 11 is 0. The number of benzene rings is 2. The predicted molar refractivity (Wildman–Crippen MR) is 119 cm³/mol. The van der Waals surface area contributed by atoms with Crippen molar-refractivity contribution in [1.29, 1.82) is 0 Å². The Morgan fingerprint density at radius 1 is 1.06 bits per heavy atom. The van der Waals surface area contributed by atoms with Crippen molar-refractivity contribution in [2.45, 2.75) is 39.8 Å². The first kappa shape index (κ1) is 20.9. The zero-order chi connectivity index (χ0) is 22.1. The number of hydrogen-bond donors (Lipinski definition) is 1. The fourth-order valence-corrected chi connectivity index (χ4v) is 3.99. The standard InChI is InChI=1S/C24H27N3O4/c1-14(2)22(17-9-10-20-21(13-17)31-12-11-30-20)26-23(28)15(3)27-16(4)25-19-8-6-5-7-18(19)24(27)29/h5-10,13-15,22H,11-12H2,1-4H3,(H,26,28)/t15-,22+/m0/s1. The first-order valence-electron chi connectivity index (χ1n) is 10.5. The Labute approximate surface area is 181 Å².